The van der Waals surface area contributed by atoms with Crippen LogP contribution in [0.3, 0.4) is 0 Å². The third-order valence-electron chi connectivity index (χ3n) is 8.75. The van der Waals surface area contributed by atoms with Crippen molar-refractivity contribution in [3.8, 4) is 6.07 Å². The molecule has 280 valence electrons. The summed E-state index contributed by atoms with van der Waals surface area (Å²) in [7, 11) is -1.44. The average molecular weight is 735 g/mol. The van der Waals surface area contributed by atoms with E-state index in [0.29, 0.717) is 61.7 Å². The van der Waals surface area contributed by atoms with Gasteiger partial charge in [-0.2, -0.15) is 23.5 Å². The fourth-order valence-electron chi connectivity index (χ4n) is 5.99. The monoisotopic (exact) mass is 734 g/mol. The zero-order valence-electron chi connectivity index (χ0n) is 30.3. The van der Waals surface area contributed by atoms with Crippen molar-refractivity contribution in [3.63, 3.8) is 0 Å². The molecule has 0 spiro atoms. The van der Waals surface area contributed by atoms with Crippen molar-refractivity contribution in [1.82, 2.24) is 24.6 Å². The van der Waals surface area contributed by atoms with Crippen molar-refractivity contribution in [2.45, 2.75) is 90.3 Å². The fourth-order valence-corrected chi connectivity index (χ4v) is 6.75. The van der Waals surface area contributed by atoms with Gasteiger partial charge in [-0.25, -0.2) is 14.5 Å². The molecule has 2 saturated heterocycles. The maximum absolute atomic E-state index is 14.4. The number of carbonyl (C=O) groups excluding carboxylic acids is 2. The summed E-state index contributed by atoms with van der Waals surface area (Å²) in [5.74, 6) is 0.417. The van der Waals surface area contributed by atoms with Gasteiger partial charge in [0.25, 0.3) is 5.56 Å². The van der Waals surface area contributed by atoms with Crippen molar-refractivity contribution in [3.05, 3.63) is 46.0 Å². The maximum Gasteiger partial charge on any atom is 0.423 e. The van der Waals surface area contributed by atoms with E-state index in [-0.39, 0.29) is 44.4 Å². The number of pyridine rings is 1. The second-order valence-corrected chi connectivity index (χ2v) is 20.7. The summed E-state index contributed by atoms with van der Waals surface area (Å²) in [4.78, 5) is 50.8. The lowest BCUT2D eigenvalue weighted by molar-refractivity contribution is -0.139. The minimum Gasteiger partial charge on any atom is -0.444 e. The molecule has 1 atom stereocenters. The number of rotatable bonds is 12. The van der Waals surface area contributed by atoms with Gasteiger partial charge in [-0.1, -0.05) is 19.6 Å². The Kier molecular flexibility index (Phi) is 12.8. The summed E-state index contributed by atoms with van der Waals surface area (Å²) < 4.78 is 55.1. The molecule has 0 aromatic carbocycles. The summed E-state index contributed by atoms with van der Waals surface area (Å²) in [5, 5.41) is 13.1. The number of hydrogen-bond acceptors (Lipinski definition) is 10. The lowest BCUT2D eigenvalue weighted by atomic mass is 10.1. The highest BCUT2D eigenvalue weighted by molar-refractivity contribution is 6.76. The number of carbonyl (C=O) groups is 2. The molecule has 51 heavy (non-hydrogen) atoms. The minimum atomic E-state index is -4.93. The standard InChI is InChI=1S/C34H49F3N8O5Si/c1-33(2,3)50-32(48)43(23-29(46)42-16-14-41(15-17-42)28-10-9-25(20-38)21-39-28)13-11-26-8-7-12-44(26)27-22-40-45(24-49-18-19-51(4,5)6)31(47)30(27)34(35,36)37/h9-10,21-22,26H,7-8,11-19,23-24H2,1-6H3/t26-/m0/s1. The van der Waals surface area contributed by atoms with E-state index in [1.165, 1.54) is 11.1 Å². The first kappa shape index (κ1) is 39.6. The molecule has 4 rings (SSSR count). The van der Waals surface area contributed by atoms with Gasteiger partial charge < -0.3 is 24.2 Å². The van der Waals surface area contributed by atoms with Crippen LogP contribution in [0.25, 0.3) is 0 Å². The van der Waals surface area contributed by atoms with Crippen molar-refractivity contribution in [2.24, 2.45) is 0 Å². The number of aromatic nitrogens is 3. The first-order valence-electron chi connectivity index (χ1n) is 17.2. The predicted octanol–water partition coefficient (Wildman–Crippen LogP) is 4.79. The number of nitriles is 1. The van der Waals surface area contributed by atoms with Crippen LogP contribution in [-0.4, -0.2) is 109 Å². The summed E-state index contributed by atoms with van der Waals surface area (Å²) in [6.45, 7) is 13.4. The lowest BCUT2D eigenvalue weighted by Crippen LogP contribution is -2.52. The Hall–Kier alpha value is -4.17. The van der Waals surface area contributed by atoms with Crippen LogP contribution in [-0.2, 0) is 27.2 Å². The number of piperazine rings is 1. The van der Waals surface area contributed by atoms with E-state index < -0.39 is 43.1 Å². The topological polar surface area (TPSA) is 137 Å². The number of ether oxygens (including phenoxy) is 2. The maximum atomic E-state index is 14.4. The van der Waals surface area contributed by atoms with Crippen LogP contribution in [0.15, 0.2) is 29.3 Å². The quantitative estimate of drug-likeness (QED) is 0.221. The molecule has 0 bridgehead atoms. The van der Waals surface area contributed by atoms with Gasteiger partial charge >= 0.3 is 12.3 Å². The average Bonchev–Trinajstić information content (AvgIpc) is 3.52. The Balaban J connectivity index is 1.45. The molecule has 2 aromatic heterocycles. The van der Waals surface area contributed by atoms with Crippen LogP contribution in [0.5, 0.6) is 0 Å². The van der Waals surface area contributed by atoms with Gasteiger partial charge in [0.15, 0.2) is 0 Å². The Morgan fingerprint density at radius 3 is 2.37 bits per heavy atom. The third-order valence-corrected chi connectivity index (χ3v) is 10.5. The van der Waals surface area contributed by atoms with E-state index in [2.05, 4.69) is 29.7 Å². The van der Waals surface area contributed by atoms with Gasteiger partial charge in [-0.05, 0) is 58.2 Å². The zero-order valence-corrected chi connectivity index (χ0v) is 31.3. The molecule has 0 aliphatic carbocycles. The van der Waals surface area contributed by atoms with Gasteiger partial charge in [-0.15, -0.1) is 0 Å². The van der Waals surface area contributed by atoms with Crippen LogP contribution in [0.2, 0.25) is 25.7 Å². The van der Waals surface area contributed by atoms with E-state index in [1.807, 2.05) is 11.0 Å². The zero-order chi connectivity index (χ0) is 37.6. The van der Waals surface area contributed by atoms with Crippen molar-refractivity contribution < 1.29 is 32.2 Å². The van der Waals surface area contributed by atoms with E-state index in [0.717, 1.165) is 12.2 Å². The molecule has 2 aliphatic rings. The molecule has 0 N–H and O–H groups in total. The molecule has 2 aliphatic heterocycles. The molecule has 2 amide bonds. The van der Waals surface area contributed by atoms with Gasteiger partial charge in [0.1, 0.15) is 36.3 Å². The number of amides is 2. The number of nitrogens with zero attached hydrogens (tertiary/aromatic N) is 8. The molecule has 2 aromatic rings. The van der Waals surface area contributed by atoms with Crippen LogP contribution in [0.1, 0.15) is 51.2 Å². The lowest BCUT2D eigenvalue weighted by Gasteiger charge is -2.37. The highest BCUT2D eigenvalue weighted by Gasteiger charge is 2.42. The fraction of sp³-hybridized carbons (Fsp3) is 0.647. The number of halogens is 3. The van der Waals surface area contributed by atoms with Gasteiger partial charge in [0, 0.05) is 66.2 Å². The van der Waals surface area contributed by atoms with E-state index in [4.69, 9.17) is 14.7 Å². The summed E-state index contributed by atoms with van der Waals surface area (Å²) in [5.41, 5.74) is -3.26. The Morgan fingerprint density at radius 1 is 1.08 bits per heavy atom. The Bertz CT molecular complexity index is 1610. The largest absolute Gasteiger partial charge is 0.444 e. The normalized spacial score (nSPS) is 17.0. The predicted molar refractivity (Wildman–Crippen MR) is 188 cm³/mol. The summed E-state index contributed by atoms with van der Waals surface area (Å²) >= 11 is 0. The minimum absolute atomic E-state index is 0.0493. The Labute approximate surface area is 297 Å². The molecule has 0 radical (unpaired) electrons. The van der Waals surface area contributed by atoms with Crippen molar-refractivity contribution in [2.75, 3.05) is 62.2 Å². The molecular weight excluding hydrogens is 686 g/mol. The van der Waals surface area contributed by atoms with Crippen LogP contribution >= 0.6 is 0 Å². The summed E-state index contributed by atoms with van der Waals surface area (Å²) in [6, 6.07) is 5.83. The molecule has 13 nitrogen and oxygen atoms in total. The van der Waals surface area contributed by atoms with Crippen LogP contribution < -0.4 is 15.4 Å². The highest BCUT2D eigenvalue weighted by Crippen LogP contribution is 2.37. The van der Waals surface area contributed by atoms with E-state index in [9.17, 15) is 27.6 Å². The SMILES string of the molecule is CC(C)(C)OC(=O)N(CC[C@@H]1CCCN1c1cnn(COCC[Si](C)(C)C)c(=O)c1C(F)(F)F)CC(=O)N1CCN(c2ccc(C#N)cn2)CC1. The summed E-state index contributed by atoms with van der Waals surface area (Å²) in [6.07, 6.45) is -1.71. The second-order valence-electron chi connectivity index (χ2n) is 15.1. The Morgan fingerprint density at radius 2 is 1.78 bits per heavy atom. The van der Waals surface area contributed by atoms with Crippen molar-refractivity contribution in [1.29, 1.82) is 5.26 Å². The molecular formula is C34H49F3N8O5Si. The smallest absolute Gasteiger partial charge is 0.423 e. The third kappa shape index (κ3) is 11.2. The first-order chi connectivity index (χ1) is 23.9. The van der Waals surface area contributed by atoms with Crippen LogP contribution in [0.4, 0.5) is 29.5 Å². The van der Waals surface area contributed by atoms with E-state index >= 15 is 0 Å². The van der Waals surface area contributed by atoms with Crippen LogP contribution in [0, 0.1) is 11.3 Å². The molecule has 17 heteroatoms. The molecule has 0 saturated carbocycles. The number of alkyl halides is 3. The van der Waals surface area contributed by atoms with E-state index in [1.54, 1.807) is 42.7 Å². The number of hydrogen-bond donors (Lipinski definition) is 0. The molecule has 4 heterocycles. The van der Waals surface area contributed by atoms with Gasteiger partial charge in [-0.3, -0.25) is 14.5 Å². The molecule has 0 unspecified atom stereocenters. The highest BCUT2D eigenvalue weighted by atomic mass is 28.3. The van der Waals surface area contributed by atoms with Crippen molar-refractivity contribution >= 4 is 31.6 Å². The second kappa shape index (κ2) is 16.4. The van der Waals surface area contributed by atoms with Gasteiger partial charge in [0.05, 0.1) is 17.4 Å². The van der Waals surface area contributed by atoms with Gasteiger partial charge in [0.2, 0.25) is 5.91 Å². The molecule has 2 fully saturated rings. The number of anilines is 2. The first-order valence-corrected chi connectivity index (χ1v) is 21.0.